The lowest BCUT2D eigenvalue weighted by Gasteiger charge is -2.32. The molecule has 36 heavy (non-hydrogen) atoms. The van der Waals surface area contributed by atoms with Crippen LogP contribution in [0, 0.1) is 3.57 Å². The van der Waals surface area contributed by atoms with E-state index < -0.39 is 6.04 Å². The molecule has 190 valence electrons. The summed E-state index contributed by atoms with van der Waals surface area (Å²) < 4.78 is 6.86. The minimum absolute atomic E-state index is 0.0325. The van der Waals surface area contributed by atoms with E-state index in [0.717, 1.165) is 15.6 Å². The van der Waals surface area contributed by atoms with Crippen LogP contribution < -0.4 is 10.1 Å². The molecule has 0 bridgehead atoms. The van der Waals surface area contributed by atoms with E-state index in [2.05, 4.69) is 27.9 Å². The van der Waals surface area contributed by atoms with Gasteiger partial charge in [0.1, 0.15) is 11.8 Å². The second-order valence-corrected chi connectivity index (χ2v) is 10.6. The molecule has 1 N–H and O–H groups in total. The van der Waals surface area contributed by atoms with Gasteiger partial charge in [0.25, 0.3) is 5.91 Å². The summed E-state index contributed by atoms with van der Waals surface area (Å²) in [6, 6.07) is 21.4. The number of nitrogens with one attached hydrogen (secondary N) is 1. The lowest BCUT2D eigenvalue weighted by atomic mass is 10.0. The first-order chi connectivity index (χ1) is 17.3. The number of benzene rings is 3. The maximum Gasteiger partial charge on any atom is 0.261 e. The van der Waals surface area contributed by atoms with Crippen LogP contribution in [0.2, 0.25) is 10.0 Å². The first-order valence-electron chi connectivity index (χ1n) is 11.7. The van der Waals surface area contributed by atoms with Gasteiger partial charge in [0.05, 0.1) is 0 Å². The minimum Gasteiger partial charge on any atom is -0.484 e. The number of rotatable bonds is 11. The Bertz CT molecular complexity index is 1160. The number of hydrogen-bond acceptors (Lipinski definition) is 3. The second-order valence-electron chi connectivity index (χ2n) is 8.52. The summed E-state index contributed by atoms with van der Waals surface area (Å²) in [6.45, 7) is 3.87. The van der Waals surface area contributed by atoms with E-state index >= 15 is 0 Å². The molecule has 0 spiro atoms. The quantitative estimate of drug-likeness (QED) is 0.243. The zero-order valence-corrected chi connectivity index (χ0v) is 23.9. The monoisotopic (exact) mass is 638 g/mol. The molecule has 5 nitrogen and oxygen atoms in total. The minimum atomic E-state index is -0.763. The van der Waals surface area contributed by atoms with Crippen LogP contribution in [-0.2, 0) is 22.6 Å². The SMILES string of the molecule is CC[C@H](C)NC(=O)[C@@H](Cc1ccccc1)N(Cc1ccc(Cl)cc1Cl)C(=O)COc1ccc(I)cc1. The van der Waals surface area contributed by atoms with E-state index in [0.29, 0.717) is 27.8 Å². The fraction of sp³-hybridized carbons (Fsp3) is 0.286. The molecule has 0 unspecified atom stereocenters. The highest BCUT2D eigenvalue weighted by molar-refractivity contribution is 14.1. The maximum atomic E-state index is 13.6. The Balaban J connectivity index is 1.93. The maximum absolute atomic E-state index is 13.6. The Morgan fingerprint density at radius 2 is 1.72 bits per heavy atom. The molecule has 0 saturated carbocycles. The molecule has 3 rings (SSSR count). The van der Waals surface area contributed by atoms with Crippen molar-refractivity contribution in [2.75, 3.05) is 6.61 Å². The number of carbonyl (C=O) groups excluding carboxylic acids is 2. The third-order valence-corrected chi connectivity index (χ3v) is 7.11. The Hall–Kier alpha value is -2.29. The molecule has 8 heteroatoms. The van der Waals surface area contributed by atoms with Crippen molar-refractivity contribution in [3.8, 4) is 5.75 Å². The number of carbonyl (C=O) groups is 2. The van der Waals surface area contributed by atoms with E-state index in [1.165, 1.54) is 0 Å². The summed E-state index contributed by atoms with van der Waals surface area (Å²) in [5.74, 6) is 0.0395. The van der Waals surface area contributed by atoms with Crippen LogP contribution in [0.4, 0.5) is 0 Å². The average molecular weight is 639 g/mol. The molecule has 0 radical (unpaired) electrons. The van der Waals surface area contributed by atoms with Crippen molar-refractivity contribution in [1.82, 2.24) is 10.2 Å². The van der Waals surface area contributed by atoms with E-state index in [1.54, 1.807) is 23.1 Å². The highest BCUT2D eigenvalue weighted by Gasteiger charge is 2.31. The van der Waals surface area contributed by atoms with Gasteiger partial charge in [0.2, 0.25) is 5.91 Å². The van der Waals surface area contributed by atoms with Crippen molar-refractivity contribution in [3.05, 3.63) is 97.5 Å². The summed E-state index contributed by atoms with van der Waals surface area (Å²) in [5.41, 5.74) is 1.64. The summed E-state index contributed by atoms with van der Waals surface area (Å²) in [4.78, 5) is 28.7. The van der Waals surface area contributed by atoms with E-state index in [-0.39, 0.29) is 31.0 Å². The topological polar surface area (TPSA) is 58.6 Å². The lowest BCUT2D eigenvalue weighted by molar-refractivity contribution is -0.143. The molecule has 0 saturated heterocycles. The lowest BCUT2D eigenvalue weighted by Crippen LogP contribution is -2.53. The number of ether oxygens (including phenoxy) is 1. The molecular weight excluding hydrogens is 610 g/mol. The van der Waals surface area contributed by atoms with Crippen LogP contribution in [0.1, 0.15) is 31.4 Å². The van der Waals surface area contributed by atoms with Crippen molar-refractivity contribution in [2.24, 2.45) is 0 Å². The Morgan fingerprint density at radius 1 is 1.03 bits per heavy atom. The third kappa shape index (κ3) is 8.39. The Labute approximate surface area is 236 Å². The van der Waals surface area contributed by atoms with Gasteiger partial charge in [-0.25, -0.2) is 0 Å². The predicted octanol–water partition coefficient (Wildman–Crippen LogP) is 6.53. The molecule has 0 fully saturated rings. The first kappa shape index (κ1) is 28.3. The van der Waals surface area contributed by atoms with Crippen LogP contribution in [0.3, 0.4) is 0 Å². The summed E-state index contributed by atoms with van der Waals surface area (Å²) in [7, 11) is 0. The van der Waals surface area contributed by atoms with Gasteiger partial charge in [0, 0.05) is 32.6 Å². The molecule has 0 aliphatic carbocycles. The highest BCUT2D eigenvalue weighted by Crippen LogP contribution is 2.24. The van der Waals surface area contributed by atoms with Crippen molar-refractivity contribution in [3.63, 3.8) is 0 Å². The fourth-order valence-electron chi connectivity index (χ4n) is 3.59. The van der Waals surface area contributed by atoms with Crippen molar-refractivity contribution in [2.45, 2.75) is 45.3 Å². The van der Waals surface area contributed by atoms with Crippen LogP contribution in [0.25, 0.3) is 0 Å². The van der Waals surface area contributed by atoms with Gasteiger partial charge in [-0.15, -0.1) is 0 Å². The van der Waals surface area contributed by atoms with Gasteiger partial charge in [0.15, 0.2) is 6.61 Å². The average Bonchev–Trinajstić information content (AvgIpc) is 2.87. The predicted molar refractivity (Wildman–Crippen MR) is 153 cm³/mol. The van der Waals surface area contributed by atoms with Gasteiger partial charge < -0.3 is 15.0 Å². The first-order valence-corrected chi connectivity index (χ1v) is 13.6. The molecule has 0 aliphatic heterocycles. The third-order valence-electron chi connectivity index (χ3n) is 5.80. The summed E-state index contributed by atoms with van der Waals surface area (Å²) >= 11 is 14.8. The fourth-order valence-corrected chi connectivity index (χ4v) is 4.42. The second kappa shape index (κ2) is 13.9. The zero-order chi connectivity index (χ0) is 26.1. The number of nitrogens with zero attached hydrogens (tertiary/aromatic N) is 1. The Morgan fingerprint density at radius 3 is 2.36 bits per heavy atom. The molecular formula is C28H29Cl2IN2O3. The zero-order valence-electron chi connectivity index (χ0n) is 20.2. The smallest absolute Gasteiger partial charge is 0.261 e. The largest absolute Gasteiger partial charge is 0.484 e. The molecule has 0 heterocycles. The van der Waals surface area contributed by atoms with Crippen LogP contribution in [-0.4, -0.2) is 35.4 Å². The molecule has 2 atom stereocenters. The van der Waals surface area contributed by atoms with E-state index in [9.17, 15) is 9.59 Å². The molecule has 0 aromatic heterocycles. The highest BCUT2D eigenvalue weighted by atomic mass is 127. The number of amides is 2. The van der Waals surface area contributed by atoms with Crippen LogP contribution >= 0.6 is 45.8 Å². The van der Waals surface area contributed by atoms with Crippen LogP contribution in [0.15, 0.2) is 72.8 Å². The normalized spacial score (nSPS) is 12.5. The number of halogens is 3. The van der Waals surface area contributed by atoms with Gasteiger partial charge in [-0.05, 0) is 83.5 Å². The van der Waals surface area contributed by atoms with Crippen molar-refractivity contribution in [1.29, 1.82) is 0 Å². The Kier molecular flexibility index (Phi) is 10.9. The van der Waals surface area contributed by atoms with Gasteiger partial charge in [-0.3, -0.25) is 9.59 Å². The van der Waals surface area contributed by atoms with Gasteiger partial charge in [-0.1, -0.05) is 66.5 Å². The summed E-state index contributed by atoms with van der Waals surface area (Å²) in [5, 5.41) is 3.98. The van der Waals surface area contributed by atoms with E-state index in [4.69, 9.17) is 27.9 Å². The van der Waals surface area contributed by atoms with E-state index in [1.807, 2.05) is 68.4 Å². The molecule has 3 aromatic carbocycles. The molecule has 3 aromatic rings. The van der Waals surface area contributed by atoms with Crippen molar-refractivity contribution < 1.29 is 14.3 Å². The van der Waals surface area contributed by atoms with Crippen molar-refractivity contribution >= 4 is 57.6 Å². The summed E-state index contributed by atoms with van der Waals surface area (Å²) in [6.07, 6.45) is 1.13. The van der Waals surface area contributed by atoms with Crippen LogP contribution in [0.5, 0.6) is 5.75 Å². The standard InChI is InChI=1S/C28H29Cl2IN2O3/c1-3-19(2)32-28(35)26(15-20-7-5-4-6-8-20)33(17-21-9-10-22(29)16-25(21)30)27(34)18-36-24-13-11-23(31)12-14-24/h4-14,16,19,26H,3,15,17-18H2,1-2H3,(H,32,35)/t19-,26+/m0/s1. The molecule has 2 amide bonds. The van der Waals surface area contributed by atoms with Gasteiger partial charge >= 0.3 is 0 Å². The number of hydrogen-bond donors (Lipinski definition) is 1. The molecule has 0 aliphatic rings. The van der Waals surface area contributed by atoms with Gasteiger partial charge in [-0.2, -0.15) is 0 Å².